The molecule has 2 N–H and O–H groups in total. The van der Waals surface area contributed by atoms with Gasteiger partial charge < -0.3 is 10.2 Å². The van der Waals surface area contributed by atoms with Crippen LogP contribution in [0.3, 0.4) is 0 Å². The first-order valence-electron chi connectivity index (χ1n) is 10.6. The van der Waals surface area contributed by atoms with Gasteiger partial charge >= 0.3 is 0 Å². The Morgan fingerprint density at radius 3 is 1.85 bits per heavy atom. The Morgan fingerprint density at radius 1 is 0.815 bits per heavy atom. The van der Waals surface area contributed by atoms with Crippen molar-refractivity contribution in [3.8, 4) is 0 Å². The summed E-state index contributed by atoms with van der Waals surface area (Å²) in [7, 11) is 0. The summed E-state index contributed by atoms with van der Waals surface area (Å²) in [5.41, 5.74) is 0.934. The molecule has 5 atom stereocenters. The van der Waals surface area contributed by atoms with Gasteiger partial charge in [-0.05, 0) is 79.2 Å². The minimum Gasteiger partial charge on any atom is -0.392 e. The Bertz CT molecular complexity index is 731. The maximum absolute atomic E-state index is 11.9. The topological polar surface area (TPSA) is 40.5 Å². The third-order valence-electron chi connectivity index (χ3n) is 7.89. The number of hydrogen-bond acceptors (Lipinski definition) is 2. The molecule has 4 aliphatic rings. The van der Waals surface area contributed by atoms with Gasteiger partial charge in [0.2, 0.25) is 0 Å². The third-order valence-corrected chi connectivity index (χ3v) is 7.89. The summed E-state index contributed by atoms with van der Waals surface area (Å²) < 4.78 is 0. The smallest absolute Gasteiger partial charge is 0.115 e. The van der Waals surface area contributed by atoms with Crippen molar-refractivity contribution in [1.82, 2.24) is 0 Å². The van der Waals surface area contributed by atoms with Gasteiger partial charge in [-0.3, -0.25) is 0 Å². The first-order valence-corrected chi connectivity index (χ1v) is 10.6. The largest absolute Gasteiger partial charge is 0.392 e. The van der Waals surface area contributed by atoms with Gasteiger partial charge in [0, 0.05) is 0 Å². The SMILES string of the molecule is O[C@@H]1C2C[C@@H]3C[C@H](C2)CC1(CCC(O)(c1ccccc1)c1ccccc1)C3. The third kappa shape index (κ3) is 2.85. The van der Waals surface area contributed by atoms with E-state index in [0.717, 1.165) is 42.2 Å². The van der Waals surface area contributed by atoms with Crippen LogP contribution in [0, 0.1) is 23.2 Å². The summed E-state index contributed by atoms with van der Waals surface area (Å²) >= 11 is 0. The van der Waals surface area contributed by atoms with E-state index in [4.69, 9.17) is 0 Å². The van der Waals surface area contributed by atoms with Crippen LogP contribution >= 0.6 is 0 Å². The molecule has 4 aliphatic carbocycles. The summed E-state index contributed by atoms with van der Waals surface area (Å²) in [5, 5.41) is 23.0. The van der Waals surface area contributed by atoms with Crippen molar-refractivity contribution >= 4 is 0 Å². The molecule has 0 amide bonds. The minimum absolute atomic E-state index is 0.0201. The van der Waals surface area contributed by atoms with E-state index in [-0.39, 0.29) is 11.5 Å². The second-order valence-electron chi connectivity index (χ2n) is 9.51. The quantitative estimate of drug-likeness (QED) is 0.795. The summed E-state index contributed by atoms with van der Waals surface area (Å²) in [6.07, 6.45) is 7.51. The standard InChI is InChI=1S/C25H30O2/c26-23-20-14-18-13-19(15-20)17-24(23,16-18)11-12-25(27,21-7-3-1-4-8-21)22-9-5-2-6-10-22/h1-10,18-20,23,26-27H,11-17H2/t18-,19+,20?,23-,24?/m1/s1. The summed E-state index contributed by atoms with van der Waals surface area (Å²) in [4.78, 5) is 0. The van der Waals surface area contributed by atoms with E-state index >= 15 is 0 Å². The first kappa shape index (κ1) is 17.5. The van der Waals surface area contributed by atoms with E-state index in [1.807, 2.05) is 60.7 Å². The first-order chi connectivity index (χ1) is 13.1. The van der Waals surface area contributed by atoms with E-state index in [2.05, 4.69) is 0 Å². The van der Waals surface area contributed by atoms with E-state index in [1.165, 1.54) is 19.3 Å². The van der Waals surface area contributed by atoms with Crippen LogP contribution in [0.15, 0.2) is 60.7 Å². The highest BCUT2D eigenvalue weighted by molar-refractivity contribution is 5.36. The van der Waals surface area contributed by atoms with Crippen molar-refractivity contribution in [3.63, 3.8) is 0 Å². The maximum atomic E-state index is 11.9. The second-order valence-corrected chi connectivity index (χ2v) is 9.51. The molecule has 142 valence electrons. The molecule has 0 radical (unpaired) electrons. The predicted molar refractivity (Wildman–Crippen MR) is 107 cm³/mol. The van der Waals surface area contributed by atoms with Crippen molar-refractivity contribution in [2.75, 3.05) is 0 Å². The molecule has 4 bridgehead atoms. The lowest BCUT2D eigenvalue weighted by Gasteiger charge is -2.60. The van der Waals surface area contributed by atoms with Crippen LogP contribution in [-0.2, 0) is 5.60 Å². The highest BCUT2D eigenvalue weighted by Crippen LogP contribution is 2.62. The van der Waals surface area contributed by atoms with Crippen molar-refractivity contribution in [2.45, 2.75) is 56.7 Å². The Morgan fingerprint density at radius 2 is 1.33 bits per heavy atom. The van der Waals surface area contributed by atoms with Crippen molar-refractivity contribution in [2.24, 2.45) is 23.2 Å². The Balaban J connectivity index is 1.46. The number of rotatable bonds is 5. The number of hydrogen-bond donors (Lipinski definition) is 2. The molecule has 2 aromatic carbocycles. The van der Waals surface area contributed by atoms with Gasteiger partial charge in [-0.1, -0.05) is 60.7 Å². The highest BCUT2D eigenvalue weighted by atomic mass is 16.3. The van der Waals surface area contributed by atoms with Gasteiger partial charge in [0.15, 0.2) is 0 Å². The molecule has 2 nitrogen and oxygen atoms in total. The summed E-state index contributed by atoms with van der Waals surface area (Å²) in [6.45, 7) is 0. The summed E-state index contributed by atoms with van der Waals surface area (Å²) in [5.74, 6) is 2.10. The molecule has 4 fully saturated rings. The van der Waals surface area contributed by atoms with Gasteiger partial charge in [0.25, 0.3) is 0 Å². The highest BCUT2D eigenvalue weighted by Gasteiger charge is 2.56. The number of aliphatic hydroxyl groups excluding tert-OH is 1. The van der Waals surface area contributed by atoms with Gasteiger partial charge in [0.05, 0.1) is 6.10 Å². The molecule has 0 spiro atoms. The molecule has 0 aromatic heterocycles. The van der Waals surface area contributed by atoms with Gasteiger partial charge in [-0.2, -0.15) is 0 Å². The van der Waals surface area contributed by atoms with Gasteiger partial charge in [-0.25, -0.2) is 0 Å². The zero-order valence-corrected chi connectivity index (χ0v) is 15.9. The molecule has 0 heterocycles. The van der Waals surface area contributed by atoms with Crippen LogP contribution in [0.5, 0.6) is 0 Å². The van der Waals surface area contributed by atoms with E-state index in [0.29, 0.717) is 12.3 Å². The fraction of sp³-hybridized carbons (Fsp3) is 0.520. The molecule has 0 saturated heterocycles. The van der Waals surface area contributed by atoms with Crippen LogP contribution in [0.2, 0.25) is 0 Å². The molecule has 0 aliphatic heterocycles. The fourth-order valence-electron chi connectivity index (χ4n) is 6.85. The average Bonchev–Trinajstić information content (AvgIpc) is 2.71. The predicted octanol–water partition coefficient (Wildman–Crippen LogP) is 4.89. The van der Waals surface area contributed by atoms with Crippen LogP contribution < -0.4 is 0 Å². The van der Waals surface area contributed by atoms with Crippen molar-refractivity contribution in [1.29, 1.82) is 0 Å². The number of aliphatic hydroxyl groups is 2. The van der Waals surface area contributed by atoms with Crippen molar-refractivity contribution in [3.05, 3.63) is 71.8 Å². The lowest BCUT2D eigenvalue weighted by atomic mass is 9.47. The lowest BCUT2D eigenvalue weighted by molar-refractivity contribution is -0.163. The molecular formula is C25H30O2. The molecule has 27 heavy (non-hydrogen) atoms. The molecule has 2 unspecified atom stereocenters. The van der Waals surface area contributed by atoms with Crippen LogP contribution in [0.1, 0.15) is 56.1 Å². The molecule has 2 aromatic rings. The van der Waals surface area contributed by atoms with Crippen LogP contribution in [0.25, 0.3) is 0 Å². The lowest BCUT2D eigenvalue weighted by Crippen LogP contribution is -2.56. The Labute approximate surface area is 162 Å². The average molecular weight is 363 g/mol. The Hall–Kier alpha value is -1.64. The number of benzene rings is 2. The maximum Gasteiger partial charge on any atom is 0.115 e. The monoisotopic (exact) mass is 362 g/mol. The minimum atomic E-state index is -0.994. The van der Waals surface area contributed by atoms with E-state index in [1.54, 1.807) is 0 Å². The van der Waals surface area contributed by atoms with E-state index < -0.39 is 5.60 Å². The fourth-order valence-corrected chi connectivity index (χ4v) is 6.85. The normalized spacial score (nSPS) is 34.7. The molecule has 6 rings (SSSR count). The molecule has 2 heteroatoms. The zero-order chi connectivity index (χ0) is 18.5. The summed E-state index contributed by atoms with van der Waals surface area (Å²) in [6, 6.07) is 20.1. The molecular weight excluding hydrogens is 332 g/mol. The van der Waals surface area contributed by atoms with Crippen LogP contribution in [0.4, 0.5) is 0 Å². The van der Waals surface area contributed by atoms with E-state index in [9.17, 15) is 10.2 Å². The van der Waals surface area contributed by atoms with Gasteiger partial charge in [-0.15, -0.1) is 0 Å². The van der Waals surface area contributed by atoms with Crippen LogP contribution in [-0.4, -0.2) is 16.3 Å². The van der Waals surface area contributed by atoms with Gasteiger partial charge in [0.1, 0.15) is 5.60 Å². The van der Waals surface area contributed by atoms with Crippen molar-refractivity contribution < 1.29 is 10.2 Å². The Kier molecular flexibility index (Phi) is 4.18. The second kappa shape index (κ2) is 6.46. The molecule has 4 saturated carbocycles. The zero-order valence-electron chi connectivity index (χ0n) is 15.9.